The van der Waals surface area contributed by atoms with Crippen LogP contribution in [-0.4, -0.2) is 47.1 Å². The van der Waals surface area contributed by atoms with Crippen molar-refractivity contribution in [2.24, 2.45) is 0 Å². The van der Waals surface area contributed by atoms with Crippen molar-refractivity contribution in [3.8, 4) is 0 Å². The average Bonchev–Trinajstić information content (AvgIpc) is 3.09. The first-order valence-corrected chi connectivity index (χ1v) is 8.48. The highest BCUT2D eigenvalue weighted by molar-refractivity contribution is 5.85. The Morgan fingerprint density at radius 2 is 2.12 bits per heavy atom. The Morgan fingerprint density at radius 1 is 1.32 bits per heavy atom. The predicted octanol–water partition coefficient (Wildman–Crippen LogP) is 2.89. The highest BCUT2D eigenvalue weighted by Gasteiger charge is 2.26. The molecule has 0 aliphatic carbocycles. The maximum atomic E-state index is 10.6. The third-order valence-corrected chi connectivity index (χ3v) is 4.59. The monoisotopic (exact) mass is 337 g/mol. The number of pyridine rings is 1. The molecule has 3 rings (SSSR count). The zero-order chi connectivity index (χ0) is 17.6. The van der Waals surface area contributed by atoms with Gasteiger partial charge in [0.1, 0.15) is 5.82 Å². The topological polar surface area (TPSA) is 56.7 Å². The summed E-state index contributed by atoms with van der Waals surface area (Å²) >= 11 is 0. The highest BCUT2D eigenvalue weighted by atomic mass is 16.4. The normalized spacial score (nSPS) is 17.9. The van der Waals surface area contributed by atoms with E-state index < -0.39 is 5.97 Å². The SMILES string of the molecule is CN(c1ccc(C=CC(=O)O)cn1)C1CCN(Cc2ccccc2)C1. The van der Waals surface area contributed by atoms with Crippen LogP contribution in [0.3, 0.4) is 0 Å². The lowest BCUT2D eigenvalue weighted by Crippen LogP contribution is -2.34. The summed E-state index contributed by atoms with van der Waals surface area (Å²) in [5.74, 6) is -0.0373. The van der Waals surface area contributed by atoms with Crippen LogP contribution in [0.1, 0.15) is 17.5 Å². The van der Waals surface area contributed by atoms with Gasteiger partial charge >= 0.3 is 5.97 Å². The minimum absolute atomic E-state index is 0.441. The van der Waals surface area contributed by atoms with E-state index in [-0.39, 0.29) is 0 Å². The molecule has 25 heavy (non-hydrogen) atoms. The van der Waals surface area contributed by atoms with E-state index >= 15 is 0 Å². The molecule has 1 aromatic carbocycles. The molecule has 1 atom stereocenters. The number of hydrogen-bond donors (Lipinski definition) is 1. The van der Waals surface area contributed by atoms with Gasteiger partial charge in [0.2, 0.25) is 0 Å². The van der Waals surface area contributed by atoms with Crippen molar-refractivity contribution < 1.29 is 9.90 Å². The molecule has 1 unspecified atom stereocenters. The van der Waals surface area contributed by atoms with Crippen LogP contribution in [0.4, 0.5) is 5.82 Å². The third kappa shape index (κ3) is 4.67. The molecule has 0 radical (unpaired) electrons. The van der Waals surface area contributed by atoms with Gasteiger partial charge in [-0.05, 0) is 35.8 Å². The van der Waals surface area contributed by atoms with Gasteiger partial charge in [-0.15, -0.1) is 0 Å². The van der Waals surface area contributed by atoms with Gasteiger partial charge in [0, 0.05) is 45.0 Å². The largest absolute Gasteiger partial charge is 0.478 e. The average molecular weight is 337 g/mol. The summed E-state index contributed by atoms with van der Waals surface area (Å²) in [5.41, 5.74) is 2.13. The molecule has 2 aromatic rings. The molecule has 1 aliphatic heterocycles. The van der Waals surface area contributed by atoms with Crippen LogP contribution in [0.5, 0.6) is 0 Å². The summed E-state index contributed by atoms with van der Waals surface area (Å²) in [5, 5.41) is 8.67. The number of likely N-dealkylation sites (N-methyl/N-ethyl adjacent to an activating group) is 1. The quantitative estimate of drug-likeness (QED) is 0.822. The summed E-state index contributed by atoms with van der Waals surface area (Å²) in [7, 11) is 2.08. The molecule has 0 saturated carbocycles. The second-order valence-corrected chi connectivity index (χ2v) is 6.40. The molecule has 0 bridgehead atoms. The molecular weight excluding hydrogens is 314 g/mol. The number of carboxylic acid groups (broad SMARTS) is 1. The Balaban J connectivity index is 1.58. The zero-order valence-corrected chi connectivity index (χ0v) is 14.4. The number of aliphatic carboxylic acids is 1. The van der Waals surface area contributed by atoms with E-state index in [9.17, 15) is 4.79 Å². The Morgan fingerprint density at radius 3 is 2.80 bits per heavy atom. The second-order valence-electron chi connectivity index (χ2n) is 6.40. The lowest BCUT2D eigenvalue weighted by atomic mass is 10.2. The maximum Gasteiger partial charge on any atom is 0.328 e. The molecule has 5 heteroatoms. The first-order chi connectivity index (χ1) is 12.1. The number of nitrogens with zero attached hydrogens (tertiary/aromatic N) is 3. The number of aromatic nitrogens is 1. The molecule has 130 valence electrons. The van der Waals surface area contributed by atoms with Crippen LogP contribution in [0.25, 0.3) is 6.08 Å². The summed E-state index contributed by atoms with van der Waals surface area (Å²) in [6, 6.07) is 14.8. The smallest absolute Gasteiger partial charge is 0.328 e. The Kier molecular flexibility index (Phi) is 5.46. The van der Waals surface area contributed by atoms with Crippen LogP contribution in [0, 0.1) is 0 Å². The van der Waals surface area contributed by atoms with Gasteiger partial charge in [0.05, 0.1) is 0 Å². The summed E-state index contributed by atoms with van der Waals surface area (Å²) in [4.78, 5) is 19.7. The highest BCUT2D eigenvalue weighted by Crippen LogP contribution is 2.21. The number of likely N-dealkylation sites (tertiary alicyclic amines) is 1. The maximum absolute atomic E-state index is 10.6. The number of hydrogen-bond acceptors (Lipinski definition) is 4. The summed E-state index contributed by atoms with van der Waals surface area (Å²) < 4.78 is 0. The van der Waals surface area contributed by atoms with Crippen molar-refractivity contribution >= 4 is 17.9 Å². The number of anilines is 1. The van der Waals surface area contributed by atoms with E-state index in [1.54, 1.807) is 12.3 Å². The van der Waals surface area contributed by atoms with E-state index in [1.807, 2.05) is 18.2 Å². The molecule has 1 N–H and O–H groups in total. The molecule has 2 heterocycles. The van der Waals surface area contributed by atoms with Gasteiger partial charge in [-0.3, -0.25) is 4.90 Å². The molecular formula is C20H23N3O2. The fourth-order valence-electron chi connectivity index (χ4n) is 3.17. The molecule has 1 aromatic heterocycles. The van der Waals surface area contributed by atoms with E-state index in [2.05, 4.69) is 46.1 Å². The standard InChI is InChI=1S/C20H23N3O2/c1-22(19-9-7-16(13-21-19)8-10-20(24)25)18-11-12-23(15-18)14-17-5-3-2-4-6-17/h2-10,13,18H,11-12,14-15H2,1H3,(H,24,25). The molecule has 1 fully saturated rings. The van der Waals surface area contributed by atoms with Gasteiger partial charge in [-0.2, -0.15) is 0 Å². The first-order valence-electron chi connectivity index (χ1n) is 8.48. The van der Waals surface area contributed by atoms with Crippen molar-refractivity contribution in [2.75, 3.05) is 25.0 Å². The van der Waals surface area contributed by atoms with E-state index in [0.717, 1.165) is 43.5 Å². The van der Waals surface area contributed by atoms with Crippen molar-refractivity contribution in [1.29, 1.82) is 0 Å². The van der Waals surface area contributed by atoms with E-state index in [0.29, 0.717) is 6.04 Å². The van der Waals surface area contributed by atoms with E-state index in [4.69, 9.17) is 5.11 Å². The first kappa shape index (κ1) is 17.2. The minimum atomic E-state index is -0.953. The number of carbonyl (C=O) groups is 1. The van der Waals surface area contributed by atoms with Crippen molar-refractivity contribution in [1.82, 2.24) is 9.88 Å². The van der Waals surface area contributed by atoms with Crippen LogP contribution >= 0.6 is 0 Å². The third-order valence-electron chi connectivity index (χ3n) is 4.59. The molecule has 5 nitrogen and oxygen atoms in total. The second kappa shape index (κ2) is 7.94. The van der Waals surface area contributed by atoms with Gasteiger partial charge in [-0.1, -0.05) is 30.3 Å². The Bertz CT molecular complexity index is 728. The Hall–Kier alpha value is -2.66. The predicted molar refractivity (Wildman–Crippen MR) is 99.4 cm³/mol. The number of rotatable bonds is 6. The van der Waals surface area contributed by atoms with Crippen molar-refractivity contribution in [3.05, 3.63) is 65.9 Å². The van der Waals surface area contributed by atoms with Gasteiger partial charge in [-0.25, -0.2) is 9.78 Å². The van der Waals surface area contributed by atoms with E-state index in [1.165, 1.54) is 5.56 Å². The lowest BCUT2D eigenvalue weighted by Gasteiger charge is -2.26. The molecule has 1 saturated heterocycles. The fourth-order valence-corrected chi connectivity index (χ4v) is 3.17. The molecule has 0 amide bonds. The summed E-state index contributed by atoms with van der Waals surface area (Å²) in [6.45, 7) is 3.09. The number of carboxylic acids is 1. The lowest BCUT2D eigenvalue weighted by molar-refractivity contribution is -0.131. The fraction of sp³-hybridized carbons (Fsp3) is 0.300. The van der Waals surface area contributed by atoms with Crippen LogP contribution in [-0.2, 0) is 11.3 Å². The van der Waals surface area contributed by atoms with Crippen LogP contribution in [0.15, 0.2) is 54.7 Å². The van der Waals surface area contributed by atoms with Gasteiger partial charge < -0.3 is 10.0 Å². The van der Waals surface area contributed by atoms with Gasteiger partial charge in [0.25, 0.3) is 0 Å². The minimum Gasteiger partial charge on any atom is -0.478 e. The van der Waals surface area contributed by atoms with Crippen LogP contribution in [0.2, 0.25) is 0 Å². The number of benzene rings is 1. The van der Waals surface area contributed by atoms with Crippen molar-refractivity contribution in [3.63, 3.8) is 0 Å². The molecule has 0 spiro atoms. The Labute approximate surface area is 148 Å². The van der Waals surface area contributed by atoms with Crippen LogP contribution < -0.4 is 4.90 Å². The molecule has 1 aliphatic rings. The van der Waals surface area contributed by atoms with Gasteiger partial charge in [0.15, 0.2) is 0 Å². The zero-order valence-electron chi connectivity index (χ0n) is 14.4. The summed E-state index contributed by atoms with van der Waals surface area (Å²) in [6.07, 6.45) is 5.50. The van der Waals surface area contributed by atoms with Crippen molar-refractivity contribution in [2.45, 2.75) is 19.0 Å².